The standard InChI is InChI=1S/C55H44N2/c1-55(46-35-44(38-16-4-2-5-17-38)34-45(36-46)39-18-6-3-7-19-39)29-28-49-50(37-55)54(43-23-15-21-41(33-43)52-27-11-13-31-57-52)48-25-9-8-24-47(48)53(49)42-22-14-20-40(32-42)51-26-10-12-30-56-51/h2-9,11-22,24-25,27-36,43H,10,23,26,37H2,1H3. The quantitative estimate of drug-likeness (QED) is 0.160. The molecule has 2 heteroatoms. The first-order valence-electron chi connectivity index (χ1n) is 20.3. The van der Waals surface area contributed by atoms with Crippen LogP contribution in [0.2, 0.25) is 0 Å². The van der Waals surface area contributed by atoms with Crippen molar-refractivity contribution in [2.24, 2.45) is 4.99 Å². The minimum atomic E-state index is -0.265. The third-order valence-electron chi connectivity index (χ3n) is 12.1. The lowest BCUT2D eigenvalue weighted by Gasteiger charge is -2.36. The summed E-state index contributed by atoms with van der Waals surface area (Å²) in [7, 11) is 0. The molecule has 0 saturated carbocycles. The topological polar surface area (TPSA) is 25.2 Å². The maximum absolute atomic E-state index is 4.81. The van der Waals surface area contributed by atoms with Crippen molar-refractivity contribution in [3.05, 3.63) is 222 Å². The van der Waals surface area contributed by atoms with Gasteiger partial charge in [-0.1, -0.05) is 165 Å². The van der Waals surface area contributed by atoms with Gasteiger partial charge in [-0.2, -0.15) is 0 Å². The molecule has 0 fully saturated rings. The van der Waals surface area contributed by atoms with Crippen molar-refractivity contribution in [1.82, 2.24) is 4.98 Å². The largest absolute Gasteiger partial charge is 0.261 e. The Bertz CT molecular complexity index is 2730. The van der Waals surface area contributed by atoms with Crippen LogP contribution in [-0.4, -0.2) is 10.7 Å². The first-order valence-corrected chi connectivity index (χ1v) is 20.3. The normalized spacial score (nSPS) is 18.6. The van der Waals surface area contributed by atoms with Crippen LogP contribution >= 0.6 is 0 Å². The SMILES string of the molecule is CC1(c2cc(-c3ccccc3)cc(-c3ccccc3)c2)C=Cc2c(c(C3C=C(c4ccccn4)C=CC3)c3ccccc3c2-c2cccc(C3=NC=CCC3)c2)C1. The molecule has 0 N–H and O–H groups in total. The van der Waals surface area contributed by atoms with Crippen molar-refractivity contribution in [2.45, 2.75) is 43.9 Å². The van der Waals surface area contributed by atoms with Gasteiger partial charge < -0.3 is 0 Å². The van der Waals surface area contributed by atoms with Gasteiger partial charge in [0.1, 0.15) is 0 Å². The van der Waals surface area contributed by atoms with Crippen LogP contribution in [0.1, 0.15) is 65.6 Å². The van der Waals surface area contributed by atoms with E-state index in [9.17, 15) is 0 Å². The number of hydrogen-bond donors (Lipinski definition) is 0. The lowest BCUT2D eigenvalue weighted by atomic mass is 9.67. The highest BCUT2D eigenvalue weighted by atomic mass is 14.7. The van der Waals surface area contributed by atoms with Gasteiger partial charge in [-0.25, -0.2) is 0 Å². The number of aromatic nitrogens is 1. The van der Waals surface area contributed by atoms with Crippen LogP contribution < -0.4 is 0 Å². The fraction of sp³-hybridized carbons (Fsp3) is 0.127. The van der Waals surface area contributed by atoms with Crippen LogP contribution in [-0.2, 0) is 11.8 Å². The Morgan fingerprint density at radius 2 is 1.30 bits per heavy atom. The summed E-state index contributed by atoms with van der Waals surface area (Å²) in [6.07, 6.45) is 21.8. The molecule has 2 nitrogen and oxygen atoms in total. The number of aliphatic imine (C=N–C) groups is 1. The van der Waals surface area contributed by atoms with Gasteiger partial charge >= 0.3 is 0 Å². The molecule has 3 aliphatic rings. The molecule has 1 aromatic heterocycles. The maximum atomic E-state index is 4.81. The molecule has 2 heterocycles. The summed E-state index contributed by atoms with van der Waals surface area (Å²) in [5, 5.41) is 2.62. The summed E-state index contributed by atoms with van der Waals surface area (Å²) >= 11 is 0. The van der Waals surface area contributed by atoms with Gasteiger partial charge in [0.05, 0.1) is 5.69 Å². The van der Waals surface area contributed by atoms with Crippen LogP contribution in [0.4, 0.5) is 0 Å². The third kappa shape index (κ3) is 6.62. The molecule has 57 heavy (non-hydrogen) atoms. The highest BCUT2D eigenvalue weighted by Gasteiger charge is 2.34. The molecule has 2 atom stereocenters. The fourth-order valence-electron chi connectivity index (χ4n) is 9.25. The predicted molar refractivity (Wildman–Crippen MR) is 240 cm³/mol. The second kappa shape index (κ2) is 14.8. The van der Waals surface area contributed by atoms with Crippen molar-refractivity contribution in [3.8, 4) is 33.4 Å². The Kier molecular flexibility index (Phi) is 9.03. The van der Waals surface area contributed by atoms with Crippen molar-refractivity contribution in [3.63, 3.8) is 0 Å². The Balaban J connectivity index is 1.20. The van der Waals surface area contributed by atoms with Gasteiger partial charge in [-0.15, -0.1) is 0 Å². The van der Waals surface area contributed by atoms with Gasteiger partial charge in [0.15, 0.2) is 0 Å². The zero-order valence-corrected chi connectivity index (χ0v) is 32.3. The van der Waals surface area contributed by atoms with E-state index >= 15 is 0 Å². The number of pyridine rings is 1. The van der Waals surface area contributed by atoms with Crippen LogP contribution in [0.3, 0.4) is 0 Å². The summed E-state index contributed by atoms with van der Waals surface area (Å²) in [5.41, 5.74) is 17.3. The fourth-order valence-corrected chi connectivity index (χ4v) is 9.25. The summed E-state index contributed by atoms with van der Waals surface area (Å²) in [4.78, 5) is 9.57. The number of allylic oxidation sites excluding steroid dienone is 6. The van der Waals surface area contributed by atoms with Gasteiger partial charge in [-0.3, -0.25) is 9.98 Å². The van der Waals surface area contributed by atoms with Gasteiger partial charge in [0, 0.05) is 29.4 Å². The van der Waals surface area contributed by atoms with Crippen LogP contribution in [0, 0.1) is 0 Å². The van der Waals surface area contributed by atoms with E-state index in [-0.39, 0.29) is 11.3 Å². The van der Waals surface area contributed by atoms with E-state index in [1.165, 1.54) is 77.5 Å². The van der Waals surface area contributed by atoms with E-state index in [4.69, 9.17) is 9.98 Å². The van der Waals surface area contributed by atoms with E-state index in [0.717, 1.165) is 37.1 Å². The third-order valence-corrected chi connectivity index (χ3v) is 12.1. The van der Waals surface area contributed by atoms with Crippen LogP contribution in [0.5, 0.6) is 0 Å². The predicted octanol–water partition coefficient (Wildman–Crippen LogP) is 14.0. The van der Waals surface area contributed by atoms with Crippen LogP contribution in [0.15, 0.2) is 193 Å². The zero-order valence-electron chi connectivity index (χ0n) is 32.3. The number of rotatable bonds is 7. The van der Waals surface area contributed by atoms with Crippen LogP contribution in [0.25, 0.3) is 55.8 Å². The summed E-state index contributed by atoms with van der Waals surface area (Å²) in [6, 6.07) is 53.3. The van der Waals surface area contributed by atoms with Crippen molar-refractivity contribution >= 4 is 28.1 Å². The Morgan fingerprint density at radius 3 is 2.02 bits per heavy atom. The monoisotopic (exact) mass is 732 g/mol. The number of hydrogen-bond acceptors (Lipinski definition) is 2. The molecule has 6 aromatic carbocycles. The smallest absolute Gasteiger partial charge is 0.0698 e. The van der Waals surface area contributed by atoms with Crippen molar-refractivity contribution in [2.75, 3.05) is 0 Å². The molecule has 2 unspecified atom stereocenters. The molecule has 274 valence electrons. The molecule has 0 amide bonds. The molecular formula is C55H44N2. The number of benzene rings is 6. The second-order valence-electron chi connectivity index (χ2n) is 15.8. The number of fused-ring (bicyclic) bond motifs is 2. The number of nitrogens with zero attached hydrogens (tertiary/aromatic N) is 2. The first-order chi connectivity index (χ1) is 28.1. The summed E-state index contributed by atoms with van der Waals surface area (Å²) in [6.45, 7) is 2.44. The average molecular weight is 733 g/mol. The van der Waals surface area contributed by atoms with Gasteiger partial charge in [0.25, 0.3) is 0 Å². The molecule has 0 bridgehead atoms. The summed E-state index contributed by atoms with van der Waals surface area (Å²) < 4.78 is 0. The molecule has 0 radical (unpaired) electrons. The summed E-state index contributed by atoms with van der Waals surface area (Å²) in [5.74, 6) is 0.195. The first kappa shape index (κ1) is 34.8. The van der Waals surface area contributed by atoms with E-state index in [1.54, 1.807) is 0 Å². The zero-order chi connectivity index (χ0) is 38.2. The van der Waals surface area contributed by atoms with E-state index in [2.05, 4.69) is 183 Å². The highest BCUT2D eigenvalue weighted by Crippen LogP contribution is 2.49. The Labute approximate surface area is 336 Å². The lowest BCUT2D eigenvalue weighted by molar-refractivity contribution is 0.582. The van der Waals surface area contributed by atoms with Gasteiger partial charge in [-0.05, 0) is 127 Å². The molecule has 7 aromatic rings. The minimum absolute atomic E-state index is 0.195. The lowest BCUT2D eigenvalue weighted by Crippen LogP contribution is -2.27. The molecule has 2 aliphatic carbocycles. The molecule has 1 aliphatic heterocycles. The Morgan fingerprint density at radius 1 is 0.614 bits per heavy atom. The molecule has 0 saturated heterocycles. The minimum Gasteiger partial charge on any atom is -0.261 e. The van der Waals surface area contributed by atoms with E-state index in [1.807, 2.05) is 18.5 Å². The van der Waals surface area contributed by atoms with E-state index < -0.39 is 0 Å². The maximum Gasteiger partial charge on any atom is 0.0698 e. The van der Waals surface area contributed by atoms with E-state index in [0.29, 0.717) is 0 Å². The average Bonchev–Trinajstić information content (AvgIpc) is 3.29. The van der Waals surface area contributed by atoms with Crippen molar-refractivity contribution in [1.29, 1.82) is 0 Å². The Hall–Kier alpha value is -6.64. The van der Waals surface area contributed by atoms with Gasteiger partial charge in [0.2, 0.25) is 0 Å². The second-order valence-corrected chi connectivity index (χ2v) is 15.8. The molecule has 10 rings (SSSR count). The highest BCUT2D eigenvalue weighted by molar-refractivity contribution is 6.07. The molecular weight excluding hydrogens is 689 g/mol. The molecule has 0 spiro atoms. The van der Waals surface area contributed by atoms with Crippen molar-refractivity contribution < 1.29 is 0 Å².